The van der Waals surface area contributed by atoms with Crippen LogP contribution in [0.1, 0.15) is 25.3 Å². The van der Waals surface area contributed by atoms with Crippen molar-refractivity contribution in [2.24, 2.45) is 0 Å². The SMILES string of the molecule is CCCCc1cc(Cl)ccc1-c1ccccn1. The molecule has 0 bridgehead atoms. The number of halogens is 1. The highest BCUT2D eigenvalue weighted by atomic mass is 35.5. The van der Waals surface area contributed by atoms with Gasteiger partial charge in [0, 0.05) is 16.8 Å². The van der Waals surface area contributed by atoms with Gasteiger partial charge in [-0.1, -0.05) is 37.1 Å². The molecule has 1 aromatic heterocycles. The molecule has 0 saturated carbocycles. The van der Waals surface area contributed by atoms with Crippen LogP contribution in [0.5, 0.6) is 0 Å². The number of nitrogens with zero attached hydrogens (tertiary/aromatic N) is 1. The first-order chi connectivity index (χ1) is 8.31. The molecule has 0 radical (unpaired) electrons. The predicted octanol–water partition coefficient (Wildman–Crippen LogP) is 4.74. The minimum Gasteiger partial charge on any atom is -0.256 e. The van der Waals surface area contributed by atoms with Gasteiger partial charge in [-0.3, -0.25) is 4.98 Å². The first kappa shape index (κ1) is 12.1. The van der Waals surface area contributed by atoms with E-state index in [1.54, 1.807) is 0 Å². The van der Waals surface area contributed by atoms with E-state index < -0.39 is 0 Å². The highest BCUT2D eigenvalue weighted by Gasteiger charge is 2.06. The number of aryl methyl sites for hydroxylation is 1. The molecular formula is C15H16ClN. The van der Waals surface area contributed by atoms with Gasteiger partial charge in [-0.05, 0) is 42.7 Å². The molecule has 0 unspecified atom stereocenters. The number of aromatic nitrogens is 1. The van der Waals surface area contributed by atoms with Crippen LogP contribution in [0.2, 0.25) is 5.02 Å². The summed E-state index contributed by atoms with van der Waals surface area (Å²) in [6, 6.07) is 12.0. The van der Waals surface area contributed by atoms with E-state index in [1.807, 2.05) is 30.5 Å². The molecule has 0 aliphatic carbocycles. The minimum atomic E-state index is 0.802. The van der Waals surface area contributed by atoms with Crippen LogP contribution in [0.3, 0.4) is 0 Å². The zero-order chi connectivity index (χ0) is 12.1. The van der Waals surface area contributed by atoms with E-state index in [0.29, 0.717) is 0 Å². The predicted molar refractivity (Wildman–Crippen MR) is 73.3 cm³/mol. The van der Waals surface area contributed by atoms with Crippen LogP contribution in [0.4, 0.5) is 0 Å². The third-order valence-corrected chi connectivity index (χ3v) is 3.04. The Hall–Kier alpha value is -1.34. The van der Waals surface area contributed by atoms with Crippen LogP contribution in [0.15, 0.2) is 42.6 Å². The summed E-state index contributed by atoms with van der Waals surface area (Å²) < 4.78 is 0. The Kier molecular flexibility index (Phi) is 4.16. The summed E-state index contributed by atoms with van der Waals surface area (Å²) in [5, 5.41) is 0.802. The third-order valence-electron chi connectivity index (χ3n) is 2.81. The fourth-order valence-corrected chi connectivity index (χ4v) is 2.10. The van der Waals surface area contributed by atoms with E-state index in [9.17, 15) is 0 Å². The van der Waals surface area contributed by atoms with Gasteiger partial charge < -0.3 is 0 Å². The number of hydrogen-bond acceptors (Lipinski definition) is 1. The fraction of sp³-hybridized carbons (Fsp3) is 0.267. The van der Waals surface area contributed by atoms with E-state index in [0.717, 1.165) is 17.1 Å². The molecule has 1 aromatic carbocycles. The Morgan fingerprint density at radius 1 is 1.18 bits per heavy atom. The van der Waals surface area contributed by atoms with Crippen molar-refractivity contribution in [2.75, 3.05) is 0 Å². The summed E-state index contributed by atoms with van der Waals surface area (Å²) in [4.78, 5) is 4.40. The van der Waals surface area contributed by atoms with Crippen LogP contribution in [0.25, 0.3) is 11.3 Å². The molecule has 1 heterocycles. The zero-order valence-electron chi connectivity index (χ0n) is 9.99. The van der Waals surface area contributed by atoms with E-state index in [2.05, 4.69) is 24.0 Å². The second-order valence-electron chi connectivity index (χ2n) is 4.12. The normalized spacial score (nSPS) is 10.5. The summed E-state index contributed by atoms with van der Waals surface area (Å²) in [6.07, 6.45) is 5.25. The Bertz CT molecular complexity index is 480. The second kappa shape index (κ2) is 5.83. The smallest absolute Gasteiger partial charge is 0.0704 e. The molecule has 0 amide bonds. The molecule has 88 valence electrons. The minimum absolute atomic E-state index is 0.802. The molecule has 0 aliphatic heterocycles. The highest BCUT2D eigenvalue weighted by Crippen LogP contribution is 2.26. The molecule has 0 atom stereocenters. The van der Waals surface area contributed by atoms with Crippen LogP contribution in [-0.4, -0.2) is 4.98 Å². The van der Waals surface area contributed by atoms with Crippen molar-refractivity contribution in [2.45, 2.75) is 26.2 Å². The van der Waals surface area contributed by atoms with E-state index in [1.165, 1.54) is 24.0 Å². The Labute approximate surface area is 107 Å². The number of benzene rings is 1. The van der Waals surface area contributed by atoms with Gasteiger partial charge in [-0.15, -0.1) is 0 Å². The third kappa shape index (κ3) is 3.07. The molecule has 17 heavy (non-hydrogen) atoms. The standard InChI is InChI=1S/C15H16ClN/c1-2-3-6-12-11-13(16)8-9-14(12)15-7-4-5-10-17-15/h4-5,7-11H,2-3,6H2,1H3. The van der Waals surface area contributed by atoms with Crippen LogP contribution >= 0.6 is 11.6 Å². The lowest BCUT2D eigenvalue weighted by Gasteiger charge is -2.09. The Morgan fingerprint density at radius 3 is 2.76 bits per heavy atom. The Morgan fingerprint density at radius 2 is 2.06 bits per heavy atom. The van der Waals surface area contributed by atoms with Crippen molar-refractivity contribution in [1.82, 2.24) is 4.98 Å². The maximum Gasteiger partial charge on any atom is 0.0704 e. The highest BCUT2D eigenvalue weighted by molar-refractivity contribution is 6.30. The van der Waals surface area contributed by atoms with E-state index in [-0.39, 0.29) is 0 Å². The van der Waals surface area contributed by atoms with Crippen LogP contribution in [-0.2, 0) is 6.42 Å². The molecule has 0 aliphatic rings. The molecule has 2 aromatic rings. The first-order valence-electron chi connectivity index (χ1n) is 6.01. The van der Waals surface area contributed by atoms with Crippen molar-refractivity contribution >= 4 is 11.6 Å². The zero-order valence-corrected chi connectivity index (χ0v) is 10.7. The largest absolute Gasteiger partial charge is 0.256 e. The lowest BCUT2D eigenvalue weighted by atomic mass is 9.99. The molecular weight excluding hydrogens is 230 g/mol. The van der Waals surface area contributed by atoms with Gasteiger partial charge in [0.25, 0.3) is 0 Å². The number of pyridine rings is 1. The van der Waals surface area contributed by atoms with E-state index >= 15 is 0 Å². The average molecular weight is 246 g/mol. The van der Waals surface area contributed by atoms with Gasteiger partial charge >= 0.3 is 0 Å². The van der Waals surface area contributed by atoms with Gasteiger partial charge in [0.05, 0.1) is 5.69 Å². The number of rotatable bonds is 4. The summed E-state index contributed by atoms with van der Waals surface area (Å²) in [7, 11) is 0. The topological polar surface area (TPSA) is 12.9 Å². The van der Waals surface area contributed by atoms with Crippen molar-refractivity contribution in [3.8, 4) is 11.3 Å². The first-order valence-corrected chi connectivity index (χ1v) is 6.39. The lowest BCUT2D eigenvalue weighted by Crippen LogP contribution is -1.92. The molecule has 0 saturated heterocycles. The van der Waals surface area contributed by atoms with Gasteiger partial charge in [-0.25, -0.2) is 0 Å². The van der Waals surface area contributed by atoms with Crippen LogP contribution < -0.4 is 0 Å². The average Bonchev–Trinajstić information content (AvgIpc) is 2.37. The molecule has 0 fully saturated rings. The summed E-state index contributed by atoms with van der Waals surface area (Å²) in [5.74, 6) is 0. The maximum absolute atomic E-state index is 6.06. The fourth-order valence-electron chi connectivity index (χ4n) is 1.91. The van der Waals surface area contributed by atoms with Crippen molar-refractivity contribution in [1.29, 1.82) is 0 Å². The molecule has 0 N–H and O–H groups in total. The molecule has 1 nitrogen and oxygen atoms in total. The molecule has 0 spiro atoms. The van der Waals surface area contributed by atoms with Crippen molar-refractivity contribution in [3.63, 3.8) is 0 Å². The number of hydrogen-bond donors (Lipinski definition) is 0. The summed E-state index contributed by atoms with van der Waals surface area (Å²) in [6.45, 7) is 2.20. The maximum atomic E-state index is 6.06. The van der Waals surface area contributed by atoms with Gasteiger partial charge in [0.1, 0.15) is 0 Å². The quantitative estimate of drug-likeness (QED) is 0.758. The van der Waals surface area contributed by atoms with Gasteiger partial charge in [0.2, 0.25) is 0 Å². The van der Waals surface area contributed by atoms with Crippen molar-refractivity contribution in [3.05, 3.63) is 53.2 Å². The molecule has 2 rings (SSSR count). The number of unbranched alkanes of at least 4 members (excludes halogenated alkanes) is 1. The van der Waals surface area contributed by atoms with Crippen LogP contribution in [0, 0.1) is 0 Å². The van der Waals surface area contributed by atoms with Gasteiger partial charge in [-0.2, -0.15) is 0 Å². The van der Waals surface area contributed by atoms with E-state index in [4.69, 9.17) is 11.6 Å². The lowest BCUT2D eigenvalue weighted by molar-refractivity contribution is 0.796. The van der Waals surface area contributed by atoms with Crippen molar-refractivity contribution < 1.29 is 0 Å². The second-order valence-corrected chi connectivity index (χ2v) is 4.56. The summed E-state index contributed by atoms with van der Waals surface area (Å²) >= 11 is 6.06. The summed E-state index contributed by atoms with van der Waals surface area (Å²) in [5.41, 5.74) is 3.51. The molecule has 2 heteroatoms. The monoisotopic (exact) mass is 245 g/mol. The van der Waals surface area contributed by atoms with Gasteiger partial charge in [0.15, 0.2) is 0 Å². The Balaban J connectivity index is 2.39.